The van der Waals surface area contributed by atoms with Crippen molar-refractivity contribution < 1.29 is 23.0 Å². The third-order valence-corrected chi connectivity index (χ3v) is 9.64. The summed E-state index contributed by atoms with van der Waals surface area (Å²) in [6, 6.07) is 0. The number of hydrogen-bond acceptors (Lipinski definition) is 10. The molecule has 0 radical (unpaired) electrons. The van der Waals surface area contributed by atoms with Gasteiger partial charge in [0.2, 0.25) is 5.28 Å². The summed E-state index contributed by atoms with van der Waals surface area (Å²) in [6.07, 6.45) is 11.0. The quantitative estimate of drug-likeness (QED) is 0.301. The Kier molecular flexibility index (Phi) is 13.6. The van der Waals surface area contributed by atoms with Crippen molar-refractivity contribution in [1.82, 2.24) is 30.2 Å². The SMILES string of the molecule is C.CC1(C)OB(C2=CCN=C2)OC1(C)C.CCCN1CC(c2nc(Cl)ncc2F)CN1.CCCn1cc(B2OC(C)(C)C(C)(C)O2)cn1. The van der Waals surface area contributed by atoms with Gasteiger partial charge in [0.25, 0.3) is 0 Å². The molecule has 6 rings (SSSR count). The van der Waals surface area contributed by atoms with Gasteiger partial charge < -0.3 is 18.6 Å². The van der Waals surface area contributed by atoms with Crippen LogP contribution < -0.4 is 10.9 Å². The Bertz CT molecular complexity index is 1390. The van der Waals surface area contributed by atoms with Gasteiger partial charge in [-0.3, -0.25) is 15.1 Å². The van der Waals surface area contributed by atoms with E-state index in [1.54, 1.807) is 0 Å². The lowest BCUT2D eigenvalue weighted by atomic mass is 9.79. The number of aromatic nitrogens is 4. The fraction of sp³-hybridized carbons (Fsp3) is 0.697. The van der Waals surface area contributed by atoms with Crippen LogP contribution in [-0.4, -0.2) is 93.8 Å². The van der Waals surface area contributed by atoms with E-state index in [0.29, 0.717) is 12.2 Å². The molecule has 3 fully saturated rings. The molecule has 0 aromatic carbocycles. The van der Waals surface area contributed by atoms with Gasteiger partial charge in [-0.15, -0.1) is 0 Å². The summed E-state index contributed by atoms with van der Waals surface area (Å²) in [4.78, 5) is 11.7. The molecular formula is C33H55B2ClFN7O4. The molecule has 15 heteroatoms. The third kappa shape index (κ3) is 9.53. The standard InChI is InChI=1S/C12H21BN2O2.C10H16BNO2.C10H14ClFN4.CH4/c1-6-7-15-9-10(8-14-15)13-16-11(2,3)12(4,5)17-13;1-9(2)10(3,4)14-11(13-9)8-5-6-12-7-8;1-2-3-16-6-7(4-14-16)9-8(12)5-13-10(11)15-9;/h8-9H,6-7H2,1-5H3;5,7H,6H2,1-4H3;5,7,14H,2-4,6H2,1H3;1H4. The Morgan fingerprint density at radius 2 is 1.50 bits per heavy atom. The van der Waals surface area contributed by atoms with Crippen molar-refractivity contribution in [3.05, 3.63) is 46.9 Å². The monoisotopic (exact) mass is 689 g/mol. The van der Waals surface area contributed by atoms with Crippen LogP contribution in [0.5, 0.6) is 0 Å². The van der Waals surface area contributed by atoms with Crippen molar-refractivity contribution >= 4 is 37.5 Å². The van der Waals surface area contributed by atoms with Crippen molar-refractivity contribution in [1.29, 1.82) is 0 Å². The van der Waals surface area contributed by atoms with Crippen LogP contribution in [0.25, 0.3) is 0 Å². The molecule has 0 bridgehead atoms. The number of nitrogens with zero attached hydrogens (tertiary/aromatic N) is 6. The molecule has 1 N–H and O–H groups in total. The Hall–Kier alpha value is -2.19. The van der Waals surface area contributed by atoms with Crippen LogP contribution >= 0.6 is 11.6 Å². The zero-order valence-electron chi connectivity index (χ0n) is 29.6. The summed E-state index contributed by atoms with van der Waals surface area (Å²) in [5.74, 6) is -0.332. The highest BCUT2D eigenvalue weighted by molar-refractivity contribution is 6.62. The fourth-order valence-electron chi connectivity index (χ4n) is 5.24. The molecule has 4 aliphatic rings. The van der Waals surface area contributed by atoms with Crippen molar-refractivity contribution in [3.63, 3.8) is 0 Å². The fourth-order valence-corrected chi connectivity index (χ4v) is 5.38. The molecule has 266 valence electrons. The van der Waals surface area contributed by atoms with Crippen LogP contribution in [0.4, 0.5) is 4.39 Å². The summed E-state index contributed by atoms with van der Waals surface area (Å²) in [5.41, 5.74) is 4.58. The number of allylic oxidation sites excluding steroid dienone is 1. The van der Waals surface area contributed by atoms with E-state index in [-0.39, 0.29) is 61.1 Å². The number of rotatable bonds is 7. The highest BCUT2D eigenvalue weighted by atomic mass is 35.5. The second kappa shape index (κ2) is 16.2. The Morgan fingerprint density at radius 3 is 2.04 bits per heavy atom. The topological polar surface area (TPSA) is 108 Å². The highest BCUT2D eigenvalue weighted by Gasteiger charge is 2.53. The van der Waals surface area contributed by atoms with Crippen LogP contribution in [-0.2, 0) is 25.2 Å². The normalized spacial score (nSPS) is 23.2. The molecule has 48 heavy (non-hydrogen) atoms. The smallest absolute Gasteiger partial charge is 0.399 e. The molecule has 2 aromatic heterocycles. The first-order valence-corrected chi connectivity index (χ1v) is 17.0. The predicted octanol–water partition coefficient (Wildman–Crippen LogP) is 5.44. The number of nitrogens with one attached hydrogen (secondary N) is 1. The summed E-state index contributed by atoms with van der Waals surface area (Å²) in [6.45, 7) is 24.8. The predicted molar refractivity (Wildman–Crippen MR) is 192 cm³/mol. The van der Waals surface area contributed by atoms with E-state index in [9.17, 15) is 4.39 Å². The Balaban J connectivity index is 0.000000194. The summed E-state index contributed by atoms with van der Waals surface area (Å²) < 4.78 is 39.1. The summed E-state index contributed by atoms with van der Waals surface area (Å²) in [5, 5.41) is 6.49. The lowest BCUT2D eigenvalue weighted by molar-refractivity contribution is 0.00578. The molecule has 4 aliphatic heterocycles. The van der Waals surface area contributed by atoms with E-state index in [2.05, 4.69) is 99.7 Å². The van der Waals surface area contributed by atoms with Crippen LogP contribution in [0.3, 0.4) is 0 Å². The lowest BCUT2D eigenvalue weighted by Crippen LogP contribution is -2.41. The van der Waals surface area contributed by atoms with Gasteiger partial charge in [-0.1, -0.05) is 27.4 Å². The highest BCUT2D eigenvalue weighted by Crippen LogP contribution is 2.39. The molecular weight excluding hydrogens is 634 g/mol. The Morgan fingerprint density at radius 1 is 0.917 bits per heavy atom. The third-order valence-electron chi connectivity index (χ3n) is 9.45. The maximum absolute atomic E-state index is 13.5. The molecule has 0 amide bonds. The van der Waals surface area contributed by atoms with Crippen LogP contribution in [0.1, 0.15) is 101 Å². The molecule has 1 atom stereocenters. The first-order valence-electron chi connectivity index (χ1n) is 16.6. The van der Waals surface area contributed by atoms with Gasteiger partial charge in [0.15, 0.2) is 5.82 Å². The second-order valence-corrected chi connectivity index (χ2v) is 14.6. The molecule has 0 aliphatic carbocycles. The largest absolute Gasteiger partial charge is 0.498 e. The van der Waals surface area contributed by atoms with Crippen LogP contribution in [0.15, 0.2) is 35.1 Å². The number of aryl methyl sites for hydroxylation is 1. The maximum Gasteiger partial charge on any atom is 0.498 e. The van der Waals surface area contributed by atoms with Crippen molar-refractivity contribution in [2.24, 2.45) is 4.99 Å². The second-order valence-electron chi connectivity index (χ2n) is 14.3. The van der Waals surface area contributed by atoms with Gasteiger partial charge in [-0.05, 0) is 85.3 Å². The number of aliphatic imine (C=N–C) groups is 1. The van der Waals surface area contributed by atoms with Crippen LogP contribution in [0, 0.1) is 5.82 Å². The van der Waals surface area contributed by atoms with Gasteiger partial charge in [0.05, 0.1) is 40.8 Å². The molecule has 0 spiro atoms. The van der Waals surface area contributed by atoms with Gasteiger partial charge in [0.1, 0.15) is 0 Å². The molecule has 0 saturated carbocycles. The lowest BCUT2D eigenvalue weighted by Gasteiger charge is -2.32. The van der Waals surface area contributed by atoms with Gasteiger partial charge in [0, 0.05) is 56.2 Å². The number of halogens is 2. The summed E-state index contributed by atoms with van der Waals surface area (Å²) in [7, 11) is -0.545. The van der Waals surface area contributed by atoms with Gasteiger partial charge in [-0.25, -0.2) is 19.4 Å². The average Bonchev–Trinajstić information content (AvgIpc) is 3.80. The number of hydrogen-bond donors (Lipinski definition) is 1. The number of hydrazine groups is 1. The molecule has 2 aromatic rings. The van der Waals surface area contributed by atoms with Crippen molar-refractivity contribution in [2.75, 3.05) is 26.2 Å². The van der Waals surface area contributed by atoms with Crippen molar-refractivity contribution in [3.8, 4) is 0 Å². The zero-order valence-corrected chi connectivity index (χ0v) is 30.4. The van der Waals surface area contributed by atoms with Gasteiger partial charge in [-0.2, -0.15) is 5.10 Å². The van der Waals surface area contributed by atoms with E-state index < -0.39 is 0 Å². The van der Waals surface area contributed by atoms with E-state index in [1.165, 1.54) is 0 Å². The molecule has 6 heterocycles. The first kappa shape index (κ1) is 40.2. The van der Waals surface area contributed by atoms with E-state index >= 15 is 0 Å². The Labute approximate surface area is 292 Å². The van der Waals surface area contributed by atoms with E-state index in [1.807, 2.05) is 29.4 Å². The minimum atomic E-state index is -0.380. The molecule has 3 saturated heterocycles. The maximum atomic E-state index is 13.5. The summed E-state index contributed by atoms with van der Waals surface area (Å²) >= 11 is 5.67. The van der Waals surface area contributed by atoms with Gasteiger partial charge >= 0.3 is 14.2 Å². The van der Waals surface area contributed by atoms with Crippen LogP contribution in [0.2, 0.25) is 5.28 Å². The van der Waals surface area contributed by atoms with E-state index in [4.69, 9.17) is 30.2 Å². The average molecular weight is 690 g/mol. The molecule has 1 unspecified atom stereocenters. The first-order chi connectivity index (χ1) is 22.0. The van der Waals surface area contributed by atoms with E-state index in [0.717, 1.165) is 56.2 Å². The zero-order chi connectivity index (χ0) is 34.6. The molecule has 11 nitrogen and oxygen atoms in total. The minimum Gasteiger partial charge on any atom is -0.399 e. The van der Waals surface area contributed by atoms with Crippen molar-refractivity contribution in [2.45, 2.75) is 124 Å². The minimum absolute atomic E-state index is 0.